The van der Waals surface area contributed by atoms with Gasteiger partial charge in [0.05, 0.1) is 17.0 Å². The molecule has 3 saturated heterocycles. The number of phenols is 1. The second kappa shape index (κ2) is 18.6. The standard InChI is InChI=1S/C48H70N4O6Si/c1-47(2,3)59(4,5)58-41(38-19-21-40(53)45-39(38)20-22-44(55)51-45)31-49-30-34-15-17-37(18-16-34)50-43(54)14-10-12-33-11-9-13-36(29-33)48(25-7-6-8-26-48)46(56)57-42-32-52-27-23-35(42)24-28-52/h9,11,13,19-22,29,34-35,37,41-42,49,53H,6-8,10,12,14-18,23-28,30-32H2,1-5H3,(H,50,54)(H,51,55)/t34-,37-,41-,42-/m0/s1. The molecule has 5 fully saturated rings. The van der Waals surface area contributed by atoms with E-state index in [4.69, 9.17) is 9.16 Å². The van der Waals surface area contributed by atoms with E-state index in [1.807, 2.05) is 6.07 Å². The number of benzene rings is 2. The lowest BCUT2D eigenvalue weighted by atomic mass is 9.69. The van der Waals surface area contributed by atoms with E-state index in [2.05, 4.69) is 78.6 Å². The number of hydrogen-bond donors (Lipinski definition) is 4. The van der Waals surface area contributed by atoms with Crippen LogP contribution in [0.3, 0.4) is 0 Å². The second-order valence-corrected chi connectivity index (χ2v) is 24.6. The minimum Gasteiger partial charge on any atom is -0.506 e. The van der Waals surface area contributed by atoms with Crippen LogP contribution >= 0.6 is 0 Å². The lowest BCUT2D eigenvalue weighted by molar-refractivity contribution is -0.167. The molecule has 1 amide bonds. The van der Waals surface area contributed by atoms with Crippen molar-refractivity contribution in [1.82, 2.24) is 20.5 Å². The van der Waals surface area contributed by atoms with Gasteiger partial charge in [-0.25, -0.2) is 0 Å². The number of aryl methyl sites for hydroxylation is 1. The Bertz CT molecular complexity index is 1970. The first kappa shape index (κ1) is 43.6. The number of carbonyl (C=O) groups is 2. The number of piperidine rings is 3. The van der Waals surface area contributed by atoms with Gasteiger partial charge in [0.25, 0.3) is 0 Å². The van der Waals surface area contributed by atoms with Crippen molar-refractivity contribution in [2.75, 3.05) is 32.7 Å². The van der Waals surface area contributed by atoms with Crippen LogP contribution in [0.1, 0.15) is 127 Å². The van der Waals surface area contributed by atoms with Crippen molar-refractivity contribution in [3.05, 3.63) is 75.6 Å². The maximum absolute atomic E-state index is 14.0. The monoisotopic (exact) mass is 827 g/mol. The van der Waals surface area contributed by atoms with Crippen LogP contribution in [-0.2, 0) is 30.6 Å². The quantitative estimate of drug-likeness (QED) is 0.0888. The number of aromatic hydroxyl groups is 1. The topological polar surface area (TPSA) is 133 Å². The van der Waals surface area contributed by atoms with Crippen molar-refractivity contribution in [2.24, 2.45) is 11.8 Å². The minimum absolute atomic E-state index is 0.0137. The molecule has 8 rings (SSSR count). The summed E-state index contributed by atoms with van der Waals surface area (Å²) in [6, 6.07) is 15.7. The van der Waals surface area contributed by atoms with Crippen LogP contribution in [-0.4, -0.2) is 80.1 Å². The SMILES string of the molecule is CC(C)(C)[Si](C)(C)O[C@@H](CNC[C@H]1CC[C@H](NC(=O)CCCc2cccc(C3(C(=O)O[C@H]4CN5CCC4CC5)CCCCC3)c2)CC1)c1ccc(O)c2[nH]c(=O)ccc12. The summed E-state index contributed by atoms with van der Waals surface area (Å²) in [4.78, 5) is 44.5. The van der Waals surface area contributed by atoms with Crippen LogP contribution in [0.25, 0.3) is 10.9 Å². The molecule has 1 aromatic heterocycles. The number of carbonyl (C=O) groups excluding carboxylic acids is 2. The van der Waals surface area contributed by atoms with Crippen LogP contribution in [0.5, 0.6) is 5.75 Å². The third-order valence-electron chi connectivity index (χ3n) is 14.8. The molecule has 5 aliphatic rings. The van der Waals surface area contributed by atoms with Crippen LogP contribution in [0.4, 0.5) is 0 Å². The lowest BCUT2D eigenvalue weighted by Crippen LogP contribution is -2.53. The molecule has 10 nitrogen and oxygen atoms in total. The summed E-state index contributed by atoms with van der Waals surface area (Å²) < 4.78 is 13.4. The van der Waals surface area contributed by atoms with E-state index in [0.717, 1.165) is 120 Å². The van der Waals surface area contributed by atoms with E-state index in [1.165, 1.54) is 18.1 Å². The van der Waals surface area contributed by atoms with Gasteiger partial charge < -0.3 is 29.9 Å². The normalized spacial score (nSPS) is 25.1. The third-order valence-corrected chi connectivity index (χ3v) is 19.3. The van der Waals surface area contributed by atoms with Crippen molar-refractivity contribution >= 4 is 31.1 Å². The van der Waals surface area contributed by atoms with Crippen molar-refractivity contribution in [3.63, 3.8) is 0 Å². The Morgan fingerprint density at radius 3 is 2.42 bits per heavy atom. The zero-order chi connectivity index (χ0) is 41.8. The summed E-state index contributed by atoms with van der Waals surface area (Å²) in [5, 5.41) is 18.4. The fourth-order valence-electron chi connectivity index (χ4n) is 10.1. The molecule has 2 saturated carbocycles. The molecular formula is C48H70N4O6Si. The summed E-state index contributed by atoms with van der Waals surface area (Å²) in [6.07, 6.45) is 13.1. The van der Waals surface area contributed by atoms with Crippen molar-refractivity contribution in [3.8, 4) is 5.75 Å². The van der Waals surface area contributed by atoms with Gasteiger partial charge in [-0.1, -0.05) is 70.4 Å². The summed E-state index contributed by atoms with van der Waals surface area (Å²) in [5.41, 5.74) is 2.88. The highest BCUT2D eigenvalue weighted by Crippen LogP contribution is 2.43. The molecule has 0 radical (unpaired) electrons. The van der Waals surface area contributed by atoms with Gasteiger partial charge in [0.15, 0.2) is 8.32 Å². The van der Waals surface area contributed by atoms with E-state index in [1.54, 1.807) is 12.1 Å². The first-order chi connectivity index (χ1) is 28.2. The fraction of sp³-hybridized carbons (Fsp3) is 0.646. The zero-order valence-corrected chi connectivity index (χ0v) is 37.4. The molecule has 2 bridgehead atoms. The first-order valence-electron chi connectivity index (χ1n) is 22.8. The molecule has 2 aromatic carbocycles. The van der Waals surface area contributed by atoms with Gasteiger partial charge in [-0.2, -0.15) is 0 Å². The molecule has 3 aromatic rings. The number of fused-ring (bicyclic) bond motifs is 4. The summed E-state index contributed by atoms with van der Waals surface area (Å²) in [5.74, 6) is 1.18. The average Bonchev–Trinajstić information content (AvgIpc) is 3.22. The number of hydrogen-bond acceptors (Lipinski definition) is 8. The first-order valence-corrected chi connectivity index (χ1v) is 25.7. The van der Waals surface area contributed by atoms with E-state index in [9.17, 15) is 19.5 Å². The molecule has 4 N–H and O–H groups in total. The number of ether oxygens (including phenoxy) is 1. The largest absolute Gasteiger partial charge is 0.506 e. The summed E-state index contributed by atoms with van der Waals surface area (Å²) in [6.45, 7) is 15.8. The fourth-order valence-corrected chi connectivity index (χ4v) is 11.3. The van der Waals surface area contributed by atoms with Crippen molar-refractivity contribution < 1.29 is 23.9 Å². The number of aromatic nitrogens is 1. The smallest absolute Gasteiger partial charge is 0.316 e. The maximum Gasteiger partial charge on any atom is 0.316 e. The second-order valence-electron chi connectivity index (χ2n) is 19.9. The predicted molar refractivity (Wildman–Crippen MR) is 237 cm³/mol. The maximum atomic E-state index is 14.0. The highest BCUT2D eigenvalue weighted by molar-refractivity contribution is 6.74. The number of phenolic OH excluding ortho intramolecular Hbond substituents is 1. The zero-order valence-electron chi connectivity index (χ0n) is 36.4. The number of aromatic amines is 1. The molecule has 322 valence electrons. The predicted octanol–water partition coefficient (Wildman–Crippen LogP) is 8.42. The van der Waals surface area contributed by atoms with Gasteiger partial charge in [-0.3, -0.25) is 19.3 Å². The summed E-state index contributed by atoms with van der Waals surface area (Å²) in [7, 11) is -2.17. The molecule has 2 aliphatic carbocycles. The van der Waals surface area contributed by atoms with Gasteiger partial charge in [0.2, 0.25) is 11.5 Å². The number of H-pyrrole nitrogens is 1. The van der Waals surface area contributed by atoms with Gasteiger partial charge in [-0.05, 0) is 143 Å². The molecule has 3 aliphatic heterocycles. The number of esters is 1. The van der Waals surface area contributed by atoms with E-state index in [-0.39, 0.29) is 46.5 Å². The Morgan fingerprint density at radius 2 is 1.73 bits per heavy atom. The van der Waals surface area contributed by atoms with Crippen molar-refractivity contribution in [1.29, 1.82) is 0 Å². The Hall–Kier alpha value is -3.51. The van der Waals surface area contributed by atoms with Crippen LogP contribution in [0, 0.1) is 11.8 Å². The van der Waals surface area contributed by atoms with E-state index >= 15 is 0 Å². The van der Waals surface area contributed by atoms with E-state index in [0.29, 0.717) is 30.3 Å². The molecule has 0 unspecified atom stereocenters. The van der Waals surface area contributed by atoms with Gasteiger partial charge >= 0.3 is 5.97 Å². The Labute approximate surface area is 352 Å². The van der Waals surface area contributed by atoms with E-state index < -0.39 is 13.7 Å². The molecule has 4 heterocycles. The highest BCUT2D eigenvalue weighted by Gasteiger charge is 2.46. The third kappa shape index (κ3) is 10.3. The van der Waals surface area contributed by atoms with Gasteiger partial charge in [0.1, 0.15) is 11.9 Å². The minimum atomic E-state index is -2.17. The average molecular weight is 827 g/mol. The Kier molecular flexibility index (Phi) is 13.8. The van der Waals surface area contributed by atoms with Gasteiger partial charge in [-0.15, -0.1) is 0 Å². The number of amides is 1. The molecule has 2 atom stereocenters. The number of nitrogens with one attached hydrogen (secondary N) is 3. The molecule has 0 spiro atoms. The molecule has 59 heavy (non-hydrogen) atoms. The number of rotatable bonds is 15. The highest BCUT2D eigenvalue weighted by atomic mass is 28.4. The van der Waals surface area contributed by atoms with Crippen LogP contribution in [0.2, 0.25) is 18.1 Å². The summed E-state index contributed by atoms with van der Waals surface area (Å²) >= 11 is 0. The molecular weight excluding hydrogens is 757 g/mol. The van der Waals surface area contributed by atoms with Crippen LogP contribution in [0.15, 0.2) is 53.3 Å². The van der Waals surface area contributed by atoms with Crippen molar-refractivity contribution in [2.45, 2.75) is 152 Å². The number of nitrogens with zero attached hydrogens (tertiary/aromatic N) is 1. The number of pyridine rings is 1. The van der Waals surface area contributed by atoms with Crippen LogP contribution < -0.4 is 16.2 Å². The Morgan fingerprint density at radius 1 is 0.983 bits per heavy atom. The van der Waals surface area contributed by atoms with Gasteiger partial charge in [0, 0.05) is 37.0 Å². The Balaban J connectivity index is 0.874. The molecule has 11 heteroatoms. The lowest BCUT2D eigenvalue weighted by Gasteiger charge is -2.45.